The van der Waals surface area contributed by atoms with E-state index in [-0.39, 0.29) is 0 Å². The Balaban J connectivity index is 1.73. The smallest absolute Gasteiger partial charge is 0.226 e. The molecule has 22 heavy (non-hydrogen) atoms. The standard InChI is InChI=1S/C15H17N7/c1-11-7-14(19-10-18-11)21(2)13-4-6-22(9-13)15-17-5-3-12(8-16)20-15/h3,5,7,10,13H,4,6,9H2,1-2H3. The molecule has 0 aliphatic carbocycles. The van der Waals surface area contributed by atoms with Crippen molar-refractivity contribution in [1.82, 2.24) is 19.9 Å². The van der Waals surface area contributed by atoms with Gasteiger partial charge in [-0.05, 0) is 19.4 Å². The highest BCUT2D eigenvalue weighted by molar-refractivity contribution is 5.42. The number of hydrogen-bond acceptors (Lipinski definition) is 7. The van der Waals surface area contributed by atoms with Crippen molar-refractivity contribution in [3.63, 3.8) is 0 Å². The summed E-state index contributed by atoms with van der Waals surface area (Å²) in [6, 6.07) is 5.99. The summed E-state index contributed by atoms with van der Waals surface area (Å²) in [6.45, 7) is 3.64. The predicted molar refractivity (Wildman–Crippen MR) is 82.5 cm³/mol. The maximum atomic E-state index is 8.94. The van der Waals surface area contributed by atoms with E-state index in [2.05, 4.69) is 35.8 Å². The minimum atomic E-state index is 0.337. The highest BCUT2D eigenvalue weighted by atomic mass is 15.3. The molecule has 0 radical (unpaired) electrons. The zero-order chi connectivity index (χ0) is 15.5. The van der Waals surface area contributed by atoms with Crippen molar-refractivity contribution in [1.29, 1.82) is 5.26 Å². The number of nitrogens with zero attached hydrogens (tertiary/aromatic N) is 7. The maximum absolute atomic E-state index is 8.94. The van der Waals surface area contributed by atoms with Crippen molar-refractivity contribution in [2.24, 2.45) is 0 Å². The van der Waals surface area contributed by atoms with Gasteiger partial charge < -0.3 is 9.80 Å². The van der Waals surface area contributed by atoms with Crippen LogP contribution in [-0.4, -0.2) is 46.1 Å². The van der Waals surface area contributed by atoms with E-state index in [1.807, 2.05) is 20.0 Å². The summed E-state index contributed by atoms with van der Waals surface area (Å²) in [5.74, 6) is 1.54. The van der Waals surface area contributed by atoms with Gasteiger partial charge in [-0.25, -0.2) is 19.9 Å². The van der Waals surface area contributed by atoms with Gasteiger partial charge in [-0.3, -0.25) is 0 Å². The van der Waals surface area contributed by atoms with Gasteiger partial charge in [0, 0.05) is 44.1 Å². The van der Waals surface area contributed by atoms with Crippen LogP contribution in [0, 0.1) is 18.3 Å². The van der Waals surface area contributed by atoms with Crippen LogP contribution in [0.5, 0.6) is 0 Å². The molecule has 7 heteroatoms. The first-order valence-corrected chi connectivity index (χ1v) is 7.17. The Hall–Kier alpha value is -2.75. The van der Waals surface area contributed by atoms with Gasteiger partial charge in [0.1, 0.15) is 23.9 Å². The molecule has 1 fully saturated rings. The van der Waals surface area contributed by atoms with Crippen LogP contribution in [0.25, 0.3) is 0 Å². The first kappa shape index (κ1) is 14.2. The van der Waals surface area contributed by atoms with Crippen LogP contribution in [-0.2, 0) is 0 Å². The molecule has 1 aliphatic rings. The molecule has 2 aromatic heterocycles. The molecule has 112 valence electrons. The van der Waals surface area contributed by atoms with Crippen molar-refractivity contribution >= 4 is 11.8 Å². The van der Waals surface area contributed by atoms with Crippen LogP contribution in [0.4, 0.5) is 11.8 Å². The number of aromatic nitrogens is 4. The highest BCUT2D eigenvalue weighted by Crippen LogP contribution is 2.22. The summed E-state index contributed by atoms with van der Waals surface area (Å²) >= 11 is 0. The average Bonchev–Trinajstić information content (AvgIpc) is 3.04. The molecule has 0 N–H and O–H groups in total. The Morgan fingerprint density at radius 1 is 1.36 bits per heavy atom. The number of hydrogen-bond donors (Lipinski definition) is 0. The molecule has 0 saturated carbocycles. The van der Waals surface area contributed by atoms with E-state index in [4.69, 9.17) is 5.26 Å². The third-order valence-corrected chi connectivity index (χ3v) is 3.90. The van der Waals surface area contributed by atoms with Crippen LogP contribution in [0.2, 0.25) is 0 Å². The second-order valence-electron chi connectivity index (χ2n) is 5.37. The third kappa shape index (κ3) is 2.81. The fraction of sp³-hybridized carbons (Fsp3) is 0.400. The molecule has 2 aromatic rings. The summed E-state index contributed by atoms with van der Waals surface area (Å²) < 4.78 is 0. The lowest BCUT2D eigenvalue weighted by Crippen LogP contribution is -2.35. The van der Waals surface area contributed by atoms with E-state index in [0.717, 1.165) is 31.0 Å². The minimum absolute atomic E-state index is 0.337. The summed E-state index contributed by atoms with van der Waals surface area (Å²) in [6.07, 6.45) is 4.22. The Bertz CT molecular complexity index is 709. The van der Waals surface area contributed by atoms with Crippen LogP contribution in [0.1, 0.15) is 17.8 Å². The molecule has 0 aromatic carbocycles. The topological polar surface area (TPSA) is 81.8 Å². The van der Waals surface area contributed by atoms with Crippen molar-refractivity contribution in [2.75, 3.05) is 29.9 Å². The quantitative estimate of drug-likeness (QED) is 0.840. The van der Waals surface area contributed by atoms with Crippen molar-refractivity contribution in [3.05, 3.63) is 36.0 Å². The lowest BCUT2D eigenvalue weighted by molar-refractivity contribution is 0.681. The summed E-state index contributed by atoms with van der Waals surface area (Å²) in [5.41, 5.74) is 1.35. The third-order valence-electron chi connectivity index (χ3n) is 3.90. The van der Waals surface area contributed by atoms with Gasteiger partial charge in [-0.15, -0.1) is 0 Å². The Morgan fingerprint density at radius 3 is 3.00 bits per heavy atom. The zero-order valence-corrected chi connectivity index (χ0v) is 12.6. The summed E-state index contributed by atoms with van der Waals surface area (Å²) in [4.78, 5) is 21.3. The number of rotatable bonds is 3. The largest absolute Gasteiger partial charge is 0.355 e. The Labute approximate surface area is 129 Å². The lowest BCUT2D eigenvalue weighted by Gasteiger charge is -2.25. The number of nitriles is 1. The van der Waals surface area contributed by atoms with Crippen molar-refractivity contribution < 1.29 is 0 Å². The van der Waals surface area contributed by atoms with E-state index < -0.39 is 0 Å². The van der Waals surface area contributed by atoms with Crippen LogP contribution in [0.15, 0.2) is 24.7 Å². The second kappa shape index (κ2) is 5.93. The van der Waals surface area contributed by atoms with E-state index in [1.54, 1.807) is 18.6 Å². The van der Waals surface area contributed by atoms with Gasteiger partial charge in [0.05, 0.1) is 0 Å². The predicted octanol–water partition coefficient (Wildman–Crippen LogP) is 1.16. The first-order chi connectivity index (χ1) is 10.7. The van der Waals surface area contributed by atoms with E-state index in [0.29, 0.717) is 17.7 Å². The zero-order valence-electron chi connectivity index (χ0n) is 12.6. The molecule has 1 aliphatic heterocycles. The average molecular weight is 295 g/mol. The fourth-order valence-electron chi connectivity index (χ4n) is 2.62. The fourth-order valence-corrected chi connectivity index (χ4v) is 2.62. The van der Waals surface area contributed by atoms with Gasteiger partial charge in [0.15, 0.2) is 0 Å². The molecule has 0 spiro atoms. The molecular weight excluding hydrogens is 278 g/mol. The molecule has 1 saturated heterocycles. The summed E-state index contributed by atoms with van der Waals surface area (Å²) in [7, 11) is 2.04. The molecule has 0 bridgehead atoms. The van der Waals surface area contributed by atoms with Crippen LogP contribution in [0.3, 0.4) is 0 Å². The first-order valence-electron chi connectivity index (χ1n) is 7.17. The lowest BCUT2D eigenvalue weighted by atomic mass is 10.2. The van der Waals surface area contributed by atoms with E-state index in [9.17, 15) is 0 Å². The monoisotopic (exact) mass is 295 g/mol. The Morgan fingerprint density at radius 2 is 2.23 bits per heavy atom. The molecule has 1 unspecified atom stereocenters. The highest BCUT2D eigenvalue weighted by Gasteiger charge is 2.28. The molecule has 3 heterocycles. The minimum Gasteiger partial charge on any atom is -0.355 e. The Kier molecular flexibility index (Phi) is 3.83. The number of anilines is 2. The molecule has 1 atom stereocenters. The SMILES string of the molecule is Cc1cc(N(C)C2CCN(c3nccc(C#N)n3)C2)ncn1. The van der Waals surface area contributed by atoms with E-state index in [1.165, 1.54) is 0 Å². The molecular formula is C15H17N7. The maximum Gasteiger partial charge on any atom is 0.226 e. The molecule has 7 nitrogen and oxygen atoms in total. The van der Waals surface area contributed by atoms with Crippen LogP contribution < -0.4 is 9.80 Å². The van der Waals surface area contributed by atoms with Crippen molar-refractivity contribution in [3.8, 4) is 6.07 Å². The number of likely N-dealkylation sites (N-methyl/N-ethyl adjacent to an activating group) is 1. The molecule has 3 rings (SSSR count). The number of aryl methyl sites for hydroxylation is 1. The van der Waals surface area contributed by atoms with Gasteiger partial charge in [0.2, 0.25) is 5.95 Å². The van der Waals surface area contributed by atoms with Crippen molar-refractivity contribution in [2.45, 2.75) is 19.4 Å². The summed E-state index contributed by atoms with van der Waals surface area (Å²) in [5, 5.41) is 8.94. The second-order valence-corrected chi connectivity index (χ2v) is 5.37. The van der Waals surface area contributed by atoms with Crippen LogP contribution >= 0.6 is 0 Å². The van der Waals surface area contributed by atoms with E-state index >= 15 is 0 Å². The van der Waals surface area contributed by atoms with Gasteiger partial charge in [0.25, 0.3) is 0 Å². The van der Waals surface area contributed by atoms with Gasteiger partial charge >= 0.3 is 0 Å². The van der Waals surface area contributed by atoms with Gasteiger partial charge in [-0.1, -0.05) is 0 Å². The normalized spacial score (nSPS) is 17.3. The van der Waals surface area contributed by atoms with Gasteiger partial charge in [-0.2, -0.15) is 5.26 Å². The molecule has 0 amide bonds.